The molecule has 0 aliphatic rings. The molecule has 0 saturated carbocycles. The zero-order chi connectivity index (χ0) is 11.5. The Labute approximate surface area is 98.9 Å². The maximum atomic E-state index is 12.0. The third-order valence-corrected chi connectivity index (χ3v) is 2.79. The molecule has 2 rings (SSSR count). The molecule has 0 saturated heterocycles. The molecule has 0 N–H and O–H groups in total. The molecule has 3 heteroatoms. The predicted octanol–water partition coefficient (Wildman–Crippen LogP) is 3.27. The monoisotopic (exact) mass is 231 g/mol. The first kappa shape index (κ1) is 10.8. The number of hydrogen-bond acceptors (Lipinski definition) is 2. The van der Waals surface area contributed by atoms with E-state index in [2.05, 4.69) is 4.98 Å². The molecule has 0 spiro atoms. The summed E-state index contributed by atoms with van der Waals surface area (Å²) in [5.41, 5.74) is 2.19. The molecule has 0 aliphatic carbocycles. The first-order valence-electron chi connectivity index (χ1n) is 4.89. The summed E-state index contributed by atoms with van der Waals surface area (Å²) >= 11 is 5.91. The van der Waals surface area contributed by atoms with Crippen LogP contribution >= 0.6 is 11.6 Å². The number of ketones is 1. The average molecular weight is 232 g/mol. The Kier molecular flexibility index (Phi) is 3.02. The fourth-order valence-electron chi connectivity index (χ4n) is 1.46. The lowest BCUT2D eigenvalue weighted by Crippen LogP contribution is -2.01. The highest BCUT2D eigenvalue weighted by Gasteiger charge is 2.09. The summed E-state index contributed by atoms with van der Waals surface area (Å²) in [7, 11) is 0. The number of aromatic nitrogens is 1. The Morgan fingerprint density at radius 1 is 1.12 bits per heavy atom. The van der Waals surface area contributed by atoms with E-state index in [0.717, 1.165) is 5.56 Å². The van der Waals surface area contributed by atoms with Crippen LogP contribution in [0.1, 0.15) is 21.5 Å². The number of benzene rings is 1. The van der Waals surface area contributed by atoms with Crippen molar-refractivity contribution in [2.24, 2.45) is 0 Å². The highest BCUT2D eigenvalue weighted by molar-refractivity contribution is 6.31. The normalized spacial score (nSPS) is 10.1. The van der Waals surface area contributed by atoms with Gasteiger partial charge in [-0.1, -0.05) is 11.6 Å². The van der Waals surface area contributed by atoms with Crippen molar-refractivity contribution in [2.75, 3.05) is 0 Å². The number of hydrogen-bond donors (Lipinski definition) is 0. The van der Waals surface area contributed by atoms with Gasteiger partial charge in [0.1, 0.15) is 0 Å². The molecule has 0 fully saturated rings. The largest absolute Gasteiger partial charge is 0.289 e. The van der Waals surface area contributed by atoms with Crippen molar-refractivity contribution in [1.29, 1.82) is 0 Å². The van der Waals surface area contributed by atoms with E-state index in [1.54, 1.807) is 42.7 Å². The fraction of sp³-hybridized carbons (Fsp3) is 0.0769. The SMILES string of the molecule is Cc1cc(C(=O)c2ccncc2)ccc1Cl. The van der Waals surface area contributed by atoms with Crippen LogP contribution in [0.15, 0.2) is 42.7 Å². The number of carbonyl (C=O) groups is 1. The van der Waals surface area contributed by atoms with E-state index in [4.69, 9.17) is 11.6 Å². The Morgan fingerprint density at radius 2 is 1.81 bits per heavy atom. The standard InChI is InChI=1S/C13H10ClNO/c1-9-8-11(2-3-12(9)14)13(16)10-4-6-15-7-5-10/h2-8H,1H3. The highest BCUT2D eigenvalue weighted by Crippen LogP contribution is 2.18. The minimum absolute atomic E-state index is 0.0119. The van der Waals surface area contributed by atoms with Crippen molar-refractivity contribution < 1.29 is 4.79 Å². The lowest BCUT2D eigenvalue weighted by atomic mass is 10.0. The Morgan fingerprint density at radius 3 is 2.44 bits per heavy atom. The molecule has 0 atom stereocenters. The van der Waals surface area contributed by atoms with Gasteiger partial charge in [0.15, 0.2) is 5.78 Å². The summed E-state index contributed by atoms with van der Waals surface area (Å²) in [4.78, 5) is 15.9. The van der Waals surface area contributed by atoms with Gasteiger partial charge < -0.3 is 0 Å². The molecule has 0 bridgehead atoms. The van der Waals surface area contributed by atoms with Crippen molar-refractivity contribution in [3.8, 4) is 0 Å². The molecule has 1 aromatic heterocycles. The maximum absolute atomic E-state index is 12.0. The minimum atomic E-state index is -0.0119. The van der Waals surface area contributed by atoms with E-state index in [0.29, 0.717) is 16.1 Å². The maximum Gasteiger partial charge on any atom is 0.193 e. The Balaban J connectivity index is 2.39. The van der Waals surface area contributed by atoms with Gasteiger partial charge >= 0.3 is 0 Å². The first-order valence-corrected chi connectivity index (χ1v) is 5.27. The van der Waals surface area contributed by atoms with Crippen molar-refractivity contribution in [3.05, 3.63) is 64.4 Å². The fourth-order valence-corrected chi connectivity index (χ4v) is 1.57. The molecule has 0 aliphatic heterocycles. The first-order chi connectivity index (χ1) is 7.68. The zero-order valence-corrected chi connectivity index (χ0v) is 9.53. The summed E-state index contributed by atoms with van der Waals surface area (Å²) in [6.07, 6.45) is 3.21. The average Bonchev–Trinajstić information content (AvgIpc) is 2.33. The van der Waals surface area contributed by atoms with Crippen LogP contribution in [-0.2, 0) is 0 Å². The van der Waals surface area contributed by atoms with Crippen molar-refractivity contribution >= 4 is 17.4 Å². The lowest BCUT2D eigenvalue weighted by molar-refractivity contribution is 0.103. The third kappa shape index (κ3) is 2.12. The molecule has 2 aromatic rings. The van der Waals surface area contributed by atoms with E-state index in [1.165, 1.54) is 0 Å². The molecule has 2 nitrogen and oxygen atoms in total. The number of nitrogens with zero attached hydrogens (tertiary/aromatic N) is 1. The van der Waals surface area contributed by atoms with Gasteiger partial charge in [-0.05, 0) is 42.8 Å². The highest BCUT2D eigenvalue weighted by atomic mass is 35.5. The van der Waals surface area contributed by atoms with Crippen LogP contribution in [0.2, 0.25) is 5.02 Å². The van der Waals surface area contributed by atoms with Crippen LogP contribution in [0.25, 0.3) is 0 Å². The molecule has 0 unspecified atom stereocenters. The van der Waals surface area contributed by atoms with Crippen LogP contribution in [0.4, 0.5) is 0 Å². The van der Waals surface area contributed by atoms with Crippen LogP contribution in [0.3, 0.4) is 0 Å². The topological polar surface area (TPSA) is 30.0 Å². The van der Waals surface area contributed by atoms with E-state index in [-0.39, 0.29) is 5.78 Å². The van der Waals surface area contributed by atoms with Gasteiger partial charge in [0, 0.05) is 28.5 Å². The minimum Gasteiger partial charge on any atom is -0.289 e. The predicted molar refractivity (Wildman–Crippen MR) is 63.9 cm³/mol. The van der Waals surface area contributed by atoms with Gasteiger partial charge in [-0.3, -0.25) is 9.78 Å². The summed E-state index contributed by atoms with van der Waals surface area (Å²) in [5.74, 6) is -0.0119. The summed E-state index contributed by atoms with van der Waals surface area (Å²) in [5, 5.41) is 0.672. The van der Waals surface area contributed by atoms with Gasteiger partial charge in [-0.2, -0.15) is 0 Å². The third-order valence-electron chi connectivity index (χ3n) is 2.36. The van der Waals surface area contributed by atoms with Crippen LogP contribution in [0.5, 0.6) is 0 Å². The van der Waals surface area contributed by atoms with Gasteiger partial charge in [-0.25, -0.2) is 0 Å². The van der Waals surface area contributed by atoms with Crippen molar-refractivity contribution in [1.82, 2.24) is 4.98 Å². The van der Waals surface area contributed by atoms with E-state index >= 15 is 0 Å². The van der Waals surface area contributed by atoms with Gasteiger partial charge in [-0.15, -0.1) is 0 Å². The van der Waals surface area contributed by atoms with Crippen LogP contribution in [-0.4, -0.2) is 10.8 Å². The zero-order valence-electron chi connectivity index (χ0n) is 8.77. The molecule has 0 radical (unpaired) electrons. The molecule has 0 amide bonds. The number of carbonyl (C=O) groups excluding carboxylic acids is 1. The van der Waals surface area contributed by atoms with Crippen LogP contribution in [0, 0.1) is 6.92 Å². The van der Waals surface area contributed by atoms with Crippen molar-refractivity contribution in [2.45, 2.75) is 6.92 Å². The van der Waals surface area contributed by atoms with Gasteiger partial charge in [0.05, 0.1) is 0 Å². The molecular weight excluding hydrogens is 222 g/mol. The van der Waals surface area contributed by atoms with E-state index in [9.17, 15) is 4.79 Å². The van der Waals surface area contributed by atoms with Gasteiger partial charge in [0.2, 0.25) is 0 Å². The number of aryl methyl sites for hydroxylation is 1. The summed E-state index contributed by atoms with van der Waals surface area (Å²) in [6.45, 7) is 1.88. The van der Waals surface area contributed by atoms with E-state index in [1.807, 2.05) is 6.92 Å². The Bertz CT molecular complexity index is 523. The Hall–Kier alpha value is -1.67. The molecule has 80 valence electrons. The summed E-state index contributed by atoms with van der Waals surface area (Å²) < 4.78 is 0. The number of pyridine rings is 1. The second kappa shape index (κ2) is 4.45. The molecule has 16 heavy (non-hydrogen) atoms. The number of rotatable bonds is 2. The smallest absolute Gasteiger partial charge is 0.193 e. The lowest BCUT2D eigenvalue weighted by Gasteiger charge is -2.03. The van der Waals surface area contributed by atoms with E-state index < -0.39 is 0 Å². The quantitative estimate of drug-likeness (QED) is 0.743. The van der Waals surface area contributed by atoms with Gasteiger partial charge in [0.25, 0.3) is 0 Å². The number of halogens is 1. The molecular formula is C13H10ClNO. The van der Waals surface area contributed by atoms with Crippen LogP contribution < -0.4 is 0 Å². The summed E-state index contributed by atoms with van der Waals surface area (Å²) in [6, 6.07) is 8.67. The second-order valence-corrected chi connectivity index (χ2v) is 3.94. The molecule has 1 heterocycles. The molecule has 1 aromatic carbocycles. The second-order valence-electron chi connectivity index (χ2n) is 3.53. The van der Waals surface area contributed by atoms with Crippen molar-refractivity contribution in [3.63, 3.8) is 0 Å².